The summed E-state index contributed by atoms with van der Waals surface area (Å²) in [7, 11) is 0. The zero-order valence-electron chi connectivity index (χ0n) is 14.9. The second-order valence-corrected chi connectivity index (χ2v) is 7.78. The summed E-state index contributed by atoms with van der Waals surface area (Å²) in [6.07, 6.45) is 2.32. The molecule has 136 valence electrons. The molecule has 1 aliphatic rings. The second-order valence-electron chi connectivity index (χ2n) is 6.29. The molecular formula is C20H20ClNO3S. The SMILES string of the molecule is C/C=C(\C)C(=O)NC[C@H]1Cc2cc(-c3ccc(C(C)=O)s3)cc(Cl)c2O1. The van der Waals surface area contributed by atoms with E-state index in [4.69, 9.17) is 16.3 Å². The molecule has 3 rings (SSSR count). The lowest BCUT2D eigenvalue weighted by molar-refractivity contribution is -0.117. The number of hydrogen-bond donors (Lipinski definition) is 1. The summed E-state index contributed by atoms with van der Waals surface area (Å²) in [5.74, 6) is 0.652. The summed E-state index contributed by atoms with van der Waals surface area (Å²) in [5.41, 5.74) is 2.68. The molecule has 0 fully saturated rings. The van der Waals surface area contributed by atoms with E-state index in [0.29, 0.717) is 29.3 Å². The first-order valence-electron chi connectivity index (χ1n) is 8.40. The predicted octanol–water partition coefficient (Wildman–Crippen LogP) is 4.66. The smallest absolute Gasteiger partial charge is 0.246 e. The molecule has 0 saturated heterocycles. The summed E-state index contributed by atoms with van der Waals surface area (Å²) in [6.45, 7) is 5.60. The third-order valence-electron chi connectivity index (χ3n) is 4.37. The van der Waals surface area contributed by atoms with Crippen molar-refractivity contribution in [3.63, 3.8) is 0 Å². The number of nitrogens with one attached hydrogen (secondary N) is 1. The van der Waals surface area contributed by atoms with Gasteiger partial charge in [-0.3, -0.25) is 9.59 Å². The molecule has 1 aromatic carbocycles. The normalized spacial score (nSPS) is 16.2. The zero-order valence-corrected chi connectivity index (χ0v) is 16.5. The Hall–Kier alpha value is -2.11. The Balaban J connectivity index is 1.75. The lowest BCUT2D eigenvalue weighted by Gasteiger charge is -2.12. The number of ketones is 1. The van der Waals surface area contributed by atoms with E-state index in [1.807, 2.05) is 25.1 Å². The van der Waals surface area contributed by atoms with E-state index < -0.39 is 0 Å². The number of Topliss-reactive ketones (excluding diaryl/α,β-unsaturated/α-hetero) is 1. The maximum atomic E-state index is 11.9. The van der Waals surface area contributed by atoms with Crippen molar-refractivity contribution in [3.05, 3.63) is 51.4 Å². The van der Waals surface area contributed by atoms with Gasteiger partial charge in [-0.25, -0.2) is 0 Å². The molecule has 0 saturated carbocycles. The molecule has 1 N–H and O–H groups in total. The number of amides is 1. The molecule has 26 heavy (non-hydrogen) atoms. The fraction of sp³-hybridized carbons (Fsp3) is 0.300. The molecule has 1 amide bonds. The minimum absolute atomic E-state index is 0.0593. The topological polar surface area (TPSA) is 55.4 Å². The first-order valence-corrected chi connectivity index (χ1v) is 9.59. The van der Waals surface area contributed by atoms with Crippen LogP contribution in [0.2, 0.25) is 5.02 Å². The molecule has 0 spiro atoms. The molecular weight excluding hydrogens is 370 g/mol. The van der Waals surface area contributed by atoms with E-state index in [-0.39, 0.29) is 17.8 Å². The number of benzene rings is 1. The van der Waals surface area contributed by atoms with E-state index >= 15 is 0 Å². The highest BCUT2D eigenvalue weighted by Crippen LogP contribution is 2.41. The summed E-state index contributed by atoms with van der Waals surface area (Å²) in [5, 5.41) is 3.43. The number of carbonyl (C=O) groups is 2. The highest BCUT2D eigenvalue weighted by molar-refractivity contribution is 7.17. The molecule has 1 aliphatic heterocycles. The number of hydrogen-bond acceptors (Lipinski definition) is 4. The quantitative estimate of drug-likeness (QED) is 0.597. The van der Waals surface area contributed by atoms with Gasteiger partial charge in [-0.15, -0.1) is 11.3 Å². The maximum absolute atomic E-state index is 11.9. The van der Waals surface area contributed by atoms with Gasteiger partial charge in [0.2, 0.25) is 5.91 Å². The van der Waals surface area contributed by atoms with Crippen molar-refractivity contribution in [3.8, 4) is 16.2 Å². The number of thiophene rings is 1. The van der Waals surface area contributed by atoms with Gasteiger partial charge >= 0.3 is 0 Å². The van der Waals surface area contributed by atoms with Crippen molar-refractivity contribution in [1.29, 1.82) is 0 Å². The van der Waals surface area contributed by atoms with Gasteiger partial charge in [-0.1, -0.05) is 17.7 Å². The lowest BCUT2D eigenvalue weighted by atomic mass is 10.1. The van der Waals surface area contributed by atoms with Crippen LogP contribution in [0.3, 0.4) is 0 Å². The molecule has 2 heterocycles. The molecule has 1 aromatic heterocycles. The molecule has 2 aromatic rings. The molecule has 1 atom stereocenters. The Labute approximate surface area is 161 Å². The van der Waals surface area contributed by atoms with Gasteiger partial charge < -0.3 is 10.1 Å². The fourth-order valence-corrected chi connectivity index (χ4v) is 3.97. The summed E-state index contributed by atoms with van der Waals surface area (Å²) in [6, 6.07) is 7.69. The van der Waals surface area contributed by atoms with Gasteiger partial charge in [0.25, 0.3) is 0 Å². The fourth-order valence-electron chi connectivity index (χ4n) is 2.80. The zero-order chi connectivity index (χ0) is 18.8. The van der Waals surface area contributed by atoms with Gasteiger partial charge in [0, 0.05) is 22.4 Å². The van der Waals surface area contributed by atoms with Gasteiger partial charge in [-0.2, -0.15) is 0 Å². The molecule has 6 heteroatoms. The number of halogens is 1. The summed E-state index contributed by atoms with van der Waals surface area (Å²) in [4.78, 5) is 25.1. The van der Waals surface area contributed by atoms with Gasteiger partial charge in [-0.05, 0) is 50.6 Å². The van der Waals surface area contributed by atoms with Gasteiger partial charge in [0.1, 0.15) is 11.9 Å². The number of rotatable bonds is 5. The van der Waals surface area contributed by atoms with Crippen molar-refractivity contribution in [2.24, 2.45) is 0 Å². The maximum Gasteiger partial charge on any atom is 0.246 e. The van der Waals surface area contributed by atoms with Crippen molar-refractivity contribution >= 4 is 34.6 Å². The number of ether oxygens (including phenoxy) is 1. The van der Waals surface area contributed by atoms with Crippen LogP contribution in [0.1, 0.15) is 36.0 Å². The van der Waals surface area contributed by atoms with E-state index in [1.54, 1.807) is 19.9 Å². The Bertz CT molecular complexity index is 900. The van der Waals surface area contributed by atoms with Gasteiger partial charge in [0.05, 0.1) is 16.4 Å². The predicted molar refractivity (Wildman–Crippen MR) is 105 cm³/mol. The van der Waals surface area contributed by atoms with E-state index in [1.165, 1.54) is 11.3 Å². The summed E-state index contributed by atoms with van der Waals surface area (Å²) >= 11 is 7.87. The Morgan fingerprint density at radius 1 is 1.35 bits per heavy atom. The lowest BCUT2D eigenvalue weighted by Crippen LogP contribution is -2.34. The van der Waals surface area contributed by atoms with Crippen LogP contribution >= 0.6 is 22.9 Å². The van der Waals surface area contributed by atoms with Crippen LogP contribution in [-0.4, -0.2) is 24.3 Å². The van der Waals surface area contributed by atoms with Gasteiger partial charge in [0.15, 0.2) is 5.78 Å². The first-order chi connectivity index (χ1) is 12.4. The van der Waals surface area contributed by atoms with Crippen molar-refractivity contribution in [2.45, 2.75) is 33.3 Å². The third kappa shape index (κ3) is 3.84. The molecule has 0 radical (unpaired) electrons. The summed E-state index contributed by atoms with van der Waals surface area (Å²) < 4.78 is 5.92. The monoisotopic (exact) mass is 389 g/mol. The highest BCUT2D eigenvalue weighted by atomic mass is 35.5. The van der Waals surface area contributed by atoms with Crippen LogP contribution in [0, 0.1) is 0 Å². The molecule has 0 unspecified atom stereocenters. The van der Waals surface area contributed by atoms with Crippen molar-refractivity contribution in [1.82, 2.24) is 5.32 Å². The minimum atomic E-state index is -0.137. The average Bonchev–Trinajstić information content (AvgIpc) is 3.25. The number of carbonyl (C=O) groups excluding carboxylic acids is 2. The Morgan fingerprint density at radius 2 is 2.12 bits per heavy atom. The van der Waals surface area contributed by atoms with E-state index in [2.05, 4.69) is 11.4 Å². The van der Waals surface area contributed by atoms with E-state index in [9.17, 15) is 9.59 Å². The second kappa shape index (κ2) is 7.64. The van der Waals surface area contributed by atoms with Crippen molar-refractivity contribution < 1.29 is 14.3 Å². The van der Waals surface area contributed by atoms with Crippen LogP contribution in [0.4, 0.5) is 0 Å². The van der Waals surface area contributed by atoms with Crippen LogP contribution in [0.15, 0.2) is 35.9 Å². The largest absolute Gasteiger partial charge is 0.486 e. The van der Waals surface area contributed by atoms with Crippen LogP contribution in [0.5, 0.6) is 5.75 Å². The minimum Gasteiger partial charge on any atom is -0.486 e. The average molecular weight is 390 g/mol. The molecule has 0 bridgehead atoms. The Morgan fingerprint density at radius 3 is 2.77 bits per heavy atom. The Kier molecular flexibility index (Phi) is 5.49. The van der Waals surface area contributed by atoms with E-state index in [0.717, 1.165) is 20.9 Å². The standard InChI is InChI=1S/C20H20ClNO3S/c1-4-11(2)20(24)22-10-15-8-14-7-13(9-16(21)19(14)25-15)18-6-5-17(26-18)12(3)23/h4-7,9,15H,8,10H2,1-3H3,(H,22,24)/b11-4+/t15-/m1/s1. The molecule has 4 nitrogen and oxygen atoms in total. The number of allylic oxidation sites excluding steroid dienone is 1. The van der Waals surface area contributed by atoms with Crippen LogP contribution < -0.4 is 10.1 Å². The van der Waals surface area contributed by atoms with Crippen molar-refractivity contribution in [2.75, 3.05) is 6.54 Å². The molecule has 0 aliphatic carbocycles. The van der Waals surface area contributed by atoms with Crippen LogP contribution in [0.25, 0.3) is 10.4 Å². The number of fused-ring (bicyclic) bond motifs is 1. The third-order valence-corrected chi connectivity index (χ3v) is 5.89. The first kappa shape index (κ1) is 18.7. The highest BCUT2D eigenvalue weighted by Gasteiger charge is 2.26. The van der Waals surface area contributed by atoms with Crippen LogP contribution in [-0.2, 0) is 11.2 Å².